The monoisotopic (exact) mass is 354 g/mol. The fourth-order valence-corrected chi connectivity index (χ4v) is 3.25. The molecule has 3 unspecified atom stereocenters. The van der Waals surface area contributed by atoms with Gasteiger partial charge in [-0.15, -0.1) is 12.4 Å². The van der Waals surface area contributed by atoms with Gasteiger partial charge in [0, 0.05) is 6.42 Å². The van der Waals surface area contributed by atoms with Crippen molar-refractivity contribution in [3.8, 4) is 5.75 Å². The number of amides is 1. The lowest BCUT2D eigenvalue weighted by Gasteiger charge is -2.28. The second kappa shape index (κ2) is 10.6. The van der Waals surface area contributed by atoms with Gasteiger partial charge in [-0.1, -0.05) is 19.1 Å². The number of hydrogen-bond acceptors (Lipinski definition) is 3. The van der Waals surface area contributed by atoms with Crippen LogP contribution in [0.4, 0.5) is 0 Å². The molecule has 1 aliphatic rings. The second-order valence-corrected chi connectivity index (χ2v) is 6.58. The number of halogens is 1. The van der Waals surface area contributed by atoms with Gasteiger partial charge in [0.05, 0.1) is 12.6 Å². The molecule has 0 aromatic heterocycles. The first kappa shape index (κ1) is 20.8. The third-order valence-electron chi connectivity index (χ3n) is 4.69. The number of rotatable bonds is 7. The predicted molar refractivity (Wildman–Crippen MR) is 101 cm³/mol. The van der Waals surface area contributed by atoms with E-state index in [1.54, 1.807) is 0 Å². The summed E-state index contributed by atoms with van der Waals surface area (Å²) in [6, 6.07) is 7.95. The maximum atomic E-state index is 12.3. The topological polar surface area (TPSA) is 50.4 Å². The molecule has 1 heterocycles. The number of carbonyl (C=O) groups is 1. The Kier molecular flexibility index (Phi) is 9.16. The molecule has 0 saturated carbocycles. The van der Waals surface area contributed by atoms with E-state index < -0.39 is 0 Å². The average molecular weight is 355 g/mol. The smallest absolute Gasteiger partial charge is 0.220 e. The van der Waals surface area contributed by atoms with Crippen molar-refractivity contribution in [3.05, 3.63) is 29.8 Å². The lowest BCUT2D eigenvalue weighted by molar-refractivity contribution is -0.123. The van der Waals surface area contributed by atoms with Gasteiger partial charge in [-0.2, -0.15) is 0 Å². The molecular weight excluding hydrogens is 324 g/mol. The van der Waals surface area contributed by atoms with Crippen molar-refractivity contribution in [3.63, 3.8) is 0 Å². The highest BCUT2D eigenvalue weighted by atomic mass is 35.5. The Morgan fingerprint density at radius 3 is 2.88 bits per heavy atom. The SMILES string of the molecule is CCOc1cccc(C(C)NC(=O)CC(C)C2CCCNC2)c1.Cl. The van der Waals surface area contributed by atoms with Gasteiger partial charge in [-0.25, -0.2) is 0 Å². The molecule has 1 aromatic carbocycles. The van der Waals surface area contributed by atoms with Crippen LogP contribution in [-0.4, -0.2) is 25.6 Å². The van der Waals surface area contributed by atoms with Crippen LogP contribution in [0.3, 0.4) is 0 Å². The van der Waals surface area contributed by atoms with E-state index in [1.165, 1.54) is 12.8 Å². The summed E-state index contributed by atoms with van der Waals surface area (Å²) in [4.78, 5) is 12.3. The number of carbonyl (C=O) groups excluding carboxylic acids is 1. The summed E-state index contributed by atoms with van der Waals surface area (Å²) in [6.45, 7) is 8.99. The number of benzene rings is 1. The molecule has 0 aliphatic carbocycles. The van der Waals surface area contributed by atoms with E-state index in [2.05, 4.69) is 17.6 Å². The lowest BCUT2D eigenvalue weighted by Crippen LogP contribution is -2.36. The molecule has 2 N–H and O–H groups in total. The maximum Gasteiger partial charge on any atom is 0.220 e. The molecule has 1 saturated heterocycles. The molecule has 5 heteroatoms. The summed E-state index contributed by atoms with van der Waals surface area (Å²) >= 11 is 0. The minimum absolute atomic E-state index is 0. The molecule has 1 amide bonds. The molecule has 1 aromatic rings. The van der Waals surface area contributed by atoms with Crippen LogP contribution in [0.1, 0.15) is 51.6 Å². The van der Waals surface area contributed by atoms with Gasteiger partial charge >= 0.3 is 0 Å². The summed E-state index contributed by atoms with van der Waals surface area (Å²) in [7, 11) is 0. The molecule has 24 heavy (non-hydrogen) atoms. The van der Waals surface area contributed by atoms with Crippen LogP contribution in [0.25, 0.3) is 0 Å². The Morgan fingerprint density at radius 1 is 1.42 bits per heavy atom. The molecule has 4 nitrogen and oxygen atoms in total. The fourth-order valence-electron chi connectivity index (χ4n) is 3.25. The molecule has 0 radical (unpaired) electrons. The molecular formula is C19H31ClN2O2. The molecule has 0 bridgehead atoms. The highest BCUT2D eigenvalue weighted by Crippen LogP contribution is 2.23. The number of nitrogens with one attached hydrogen (secondary N) is 2. The molecule has 3 atom stereocenters. The molecule has 1 fully saturated rings. The summed E-state index contributed by atoms with van der Waals surface area (Å²) < 4.78 is 5.53. The van der Waals surface area contributed by atoms with Gasteiger partial charge in [-0.05, 0) is 69.3 Å². The average Bonchev–Trinajstić information content (AvgIpc) is 2.56. The number of hydrogen-bond donors (Lipinski definition) is 2. The molecule has 2 rings (SSSR count). The quantitative estimate of drug-likeness (QED) is 0.784. The Hall–Kier alpha value is -1.26. The zero-order valence-electron chi connectivity index (χ0n) is 15.0. The third kappa shape index (κ3) is 6.33. The molecule has 1 aliphatic heterocycles. The predicted octanol–water partition coefficient (Wildman–Crippen LogP) is 3.71. The van der Waals surface area contributed by atoms with Crippen LogP contribution in [-0.2, 0) is 4.79 Å². The van der Waals surface area contributed by atoms with Crippen molar-refractivity contribution < 1.29 is 9.53 Å². The van der Waals surface area contributed by atoms with Crippen molar-refractivity contribution in [1.29, 1.82) is 0 Å². The van der Waals surface area contributed by atoms with Gasteiger partial charge < -0.3 is 15.4 Å². The van der Waals surface area contributed by atoms with Crippen molar-refractivity contribution >= 4 is 18.3 Å². The highest BCUT2D eigenvalue weighted by Gasteiger charge is 2.22. The first-order valence-corrected chi connectivity index (χ1v) is 8.83. The van der Waals surface area contributed by atoms with E-state index in [4.69, 9.17) is 4.74 Å². The standard InChI is InChI=1S/C19H30N2O2.ClH/c1-4-23-18-9-5-7-16(12-18)15(3)21-19(22)11-14(2)17-8-6-10-20-13-17;/h5,7,9,12,14-15,17,20H,4,6,8,10-11,13H2,1-3H3,(H,21,22);1H. The summed E-state index contributed by atoms with van der Waals surface area (Å²) in [5.74, 6) is 2.03. The normalized spacial score (nSPS) is 19.7. The van der Waals surface area contributed by atoms with E-state index in [1.807, 2.05) is 38.1 Å². The van der Waals surface area contributed by atoms with Crippen LogP contribution >= 0.6 is 12.4 Å². The van der Waals surface area contributed by atoms with Crippen LogP contribution < -0.4 is 15.4 Å². The van der Waals surface area contributed by atoms with Crippen LogP contribution in [0.2, 0.25) is 0 Å². The van der Waals surface area contributed by atoms with Crippen LogP contribution in [0, 0.1) is 11.8 Å². The van der Waals surface area contributed by atoms with Gasteiger partial charge in [-0.3, -0.25) is 4.79 Å². The Morgan fingerprint density at radius 2 is 2.21 bits per heavy atom. The first-order chi connectivity index (χ1) is 11.1. The lowest BCUT2D eigenvalue weighted by atomic mass is 9.85. The van der Waals surface area contributed by atoms with Gasteiger partial charge in [0.15, 0.2) is 0 Å². The highest BCUT2D eigenvalue weighted by molar-refractivity contribution is 5.85. The van der Waals surface area contributed by atoms with Crippen LogP contribution in [0.5, 0.6) is 5.75 Å². The summed E-state index contributed by atoms with van der Waals surface area (Å²) in [6.07, 6.45) is 3.05. The Bertz CT molecular complexity index is 504. The van der Waals surface area contributed by atoms with Crippen molar-refractivity contribution in [2.45, 2.75) is 46.1 Å². The minimum Gasteiger partial charge on any atom is -0.494 e. The third-order valence-corrected chi connectivity index (χ3v) is 4.69. The zero-order chi connectivity index (χ0) is 16.7. The largest absolute Gasteiger partial charge is 0.494 e. The molecule has 0 spiro atoms. The minimum atomic E-state index is -0.000382. The van der Waals surface area contributed by atoms with E-state index >= 15 is 0 Å². The maximum absolute atomic E-state index is 12.3. The summed E-state index contributed by atoms with van der Waals surface area (Å²) in [5.41, 5.74) is 1.08. The molecule has 136 valence electrons. The fraction of sp³-hybridized carbons (Fsp3) is 0.632. The number of piperidine rings is 1. The number of ether oxygens (including phenoxy) is 1. The zero-order valence-corrected chi connectivity index (χ0v) is 15.8. The first-order valence-electron chi connectivity index (χ1n) is 8.83. The second-order valence-electron chi connectivity index (χ2n) is 6.58. The summed E-state index contributed by atoms with van der Waals surface area (Å²) in [5, 5.41) is 6.55. The van der Waals surface area contributed by atoms with E-state index in [9.17, 15) is 4.79 Å². The van der Waals surface area contributed by atoms with Crippen LogP contribution in [0.15, 0.2) is 24.3 Å². The Balaban J connectivity index is 0.00000288. The Labute approximate surface area is 152 Å². The van der Waals surface area contributed by atoms with E-state index in [0.717, 1.165) is 24.4 Å². The van der Waals surface area contributed by atoms with Gasteiger partial charge in [0.25, 0.3) is 0 Å². The van der Waals surface area contributed by atoms with Crippen molar-refractivity contribution in [2.24, 2.45) is 11.8 Å². The van der Waals surface area contributed by atoms with E-state index in [-0.39, 0.29) is 24.4 Å². The van der Waals surface area contributed by atoms with Crippen molar-refractivity contribution in [1.82, 2.24) is 10.6 Å². The van der Waals surface area contributed by atoms with Crippen molar-refractivity contribution in [2.75, 3.05) is 19.7 Å². The van der Waals surface area contributed by atoms with Gasteiger partial charge in [0.1, 0.15) is 5.75 Å². The van der Waals surface area contributed by atoms with Gasteiger partial charge in [0.2, 0.25) is 5.91 Å². The van der Waals surface area contributed by atoms with E-state index in [0.29, 0.717) is 24.9 Å².